The molecule has 0 saturated heterocycles. The standard InChI is InChI=1S/C14H15N5S/c1-2-4-13(5-3-1)19-14(16-17-18-19)10-15-8-6-12-7-9-20-11-12/h1-5,7,9,11,15H,6,8,10H2. The number of aromatic nitrogens is 4. The summed E-state index contributed by atoms with van der Waals surface area (Å²) in [6, 6.07) is 12.1. The smallest absolute Gasteiger partial charge is 0.170 e. The SMILES string of the molecule is c1ccc(-n2nnnc2CNCCc2ccsc2)cc1. The Hall–Kier alpha value is -2.05. The molecule has 0 aliphatic heterocycles. The monoisotopic (exact) mass is 285 g/mol. The fraction of sp³-hybridized carbons (Fsp3) is 0.214. The predicted octanol–water partition coefficient (Wildman–Crippen LogP) is 2.06. The van der Waals surface area contributed by atoms with Crippen molar-refractivity contribution >= 4 is 11.3 Å². The molecule has 0 amide bonds. The van der Waals surface area contributed by atoms with Gasteiger partial charge in [-0.05, 0) is 57.9 Å². The molecule has 5 nitrogen and oxygen atoms in total. The van der Waals surface area contributed by atoms with Crippen LogP contribution in [0.25, 0.3) is 5.69 Å². The maximum Gasteiger partial charge on any atom is 0.170 e. The van der Waals surface area contributed by atoms with Crippen LogP contribution in [0.5, 0.6) is 0 Å². The lowest BCUT2D eigenvalue weighted by molar-refractivity contribution is 0.640. The van der Waals surface area contributed by atoms with E-state index < -0.39 is 0 Å². The summed E-state index contributed by atoms with van der Waals surface area (Å²) in [5.74, 6) is 0.821. The van der Waals surface area contributed by atoms with Gasteiger partial charge in [-0.2, -0.15) is 16.0 Å². The van der Waals surface area contributed by atoms with Crippen LogP contribution in [0, 0.1) is 0 Å². The van der Waals surface area contributed by atoms with Gasteiger partial charge in [0.1, 0.15) is 0 Å². The van der Waals surface area contributed by atoms with Gasteiger partial charge in [0.05, 0.1) is 12.2 Å². The molecule has 0 aliphatic rings. The molecule has 0 spiro atoms. The Bertz CT molecular complexity index is 633. The van der Waals surface area contributed by atoms with E-state index in [1.165, 1.54) is 5.56 Å². The number of nitrogens with one attached hydrogen (secondary N) is 1. The summed E-state index contributed by atoms with van der Waals surface area (Å²) >= 11 is 1.73. The van der Waals surface area contributed by atoms with Crippen LogP contribution >= 0.6 is 11.3 Å². The van der Waals surface area contributed by atoms with Crippen LogP contribution < -0.4 is 5.32 Å². The average Bonchev–Trinajstić information content (AvgIpc) is 3.16. The van der Waals surface area contributed by atoms with Gasteiger partial charge in [0, 0.05) is 0 Å². The van der Waals surface area contributed by atoms with E-state index in [-0.39, 0.29) is 0 Å². The summed E-state index contributed by atoms with van der Waals surface area (Å²) < 4.78 is 1.76. The second-order valence-electron chi connectivity index (χ2n) is 4.40. The zero-order chi connectivity index (χ0) is 13.6. The Balaban J connectivity index is 1.57. The minimum Gasteiger partial charge on any atom is -0.309 e. The Morgan fingerprint density at radius 3 is 2.85 bits per heavy atom. The molecular weight excluding hydrogens is 270 g/mol. The second kappa shape index (κ2) is 6.40. The van der Waals surface area contributed by atoms with Crippen LogP contribution in [0.4, 0.5) is 0 Å². The summed E-state index contributed by atoms with van der Waals surface area (Å²) in [6.07, 6.45) is 1.02. The van der Waals surface area contributed by atoms with E-state index in [4.69, 9.17) is 0 Å². The molecule has 1 N–H and O–H groups in total. The summed E-state index contributed by atoms with van der Waals surface area (Å²) in [5, 5.41) is 19.5. The van der Waals surface area contributed by atoms with Crippen LogP contribution in [-0.4, -0.2) is 26.8 Å². The zero-order valence-electron chi connectivity index (χ0n) is 10.9. The third-order valence-corrected chi connectivity index (χ3v) is 3.72. The highest BCUT2D eigenvalue weighted by molar-refractivity contribution is 7.07. The van der Waals surface area contributed by atoms with Crippen molar-refractivity contribution in [3.05, 3.63) is 58.5 Å². The third-order valence-electron chi connectivity index (χ3n) is 2.99. The molecule has 0 fully saturated rings. The number of nitrogens with zero attached hydrogens (tertiary/aromatic N) is 4. The number of rotatable bonds is 6. The molecule has 2 heterocycles. The van der Waals surface area contributed by atoms with Gasteiger partial charge in [0.25, 0.3) is 0 Å². The normalized spacial score (nSPS) is 10.8. The molecular formula is C14H15N5S. The highest BCUT2D eigenvalue weighted by Gasteiger charge is 2.06. The quantitative estimate of drug-likeness (QED) is 0.704. The second-order valence-corrected chi connectivity index (χ2v) is 5.18. The average molecular weight is 285 g/mol. The molecule has 0 bridgehead atoms. The molecule has 20 heavy (non-hydrogen) atoms. The Kier molecular flexibility index (Phi) is 4.15. The van der Waals surface area contributed by atoms with Gasteiger partial charge in [-0.25, -0.2) is 0 Å². The van der Waals surface area contributed by atoms with Crippen molar-refractivity contribution in [1.29, 1.82) is 0 Å². The maximum atomic E-state index is 4.07. The lowest BCUT2D eigenvalue weighted by atomic mass is 10.2. The number of hydrogen-bond donors (Lipinski definition) is 1. The summed E-state index contributed by atoms with van der Waals surface area (Å²) in [4.78, 5) is 0. The topological polar surface area (TPSA) is 55.6 Å². The Labute approximate surface area is 121 Å². The van der Waals surface area contributed by atoms with E-state index in [1.54, 1.807) is 16.0 Å². The van der Waals surface area contributed by atoms with E-state index >= 15 is 0 Å². The summed E-state index contributed by atoms with van der Waals surface area (Å²) in [7, 11) is 0. The number of hydrogen-bond acceptors (Lipinski definition) is 5. The molecule has 3 aromatic rings. The number of thiophene rings is 1. The van der Waals surface area contributed by atoms with E-state index in [1.807, 2.05) is 30.3 Å². The van der Waals surface area contributed by atoms with Crippen molar-refractivity contribution in [2.24, 2.45) is 0 Å². The van der Waals surface area contributed by atoms with Crippen LogP contribution in [-0.2, 0) is 13.0 Å². The Morgan fingerprint density at radius 2 is 2.05 bits per heavy atom. The fourth-order valence-corrected chi connectivity index (χ4v) is 2.66. The van der Waals surface area contributed by atoms with Crippen molar-refractivity contribution in [3.8, 4) is 5.69 Å². The fourth-order valence-electron chi connectivity index (χ4n) is 1.95. The molecule has 2 aromatic heterocycles. The van der Waals surface area contributed by atoms with Crippen LogP contribution in [0.3, 0.4) is 0 Å². The van der Waals surface area contributed by atoms with E-state index in [0.717, 1.165) is 24.5 Å². The minimum atomic E-state index is 0.659. The highest BCUT2D eigenvalue weighted by atomic mass is 32.1. The van der Waals surface area contributed by atoms with Crippen molar-refractivity contribution in [3.63, 3.8) is 0 Å². The minimum absolute atomic E-state index is 0.659. The zero-order valence-corrected chi connectivity index (χ0v) is 11.8. The first kappa shape index (κ1) is 13.0. The molecule has 3 rings (SSSR count). The molecule has 0 unspecified atom stereocenters. The van der Waals surface area contributed by atoms with Gasteiger partial charge in [0.2, 0.25) is 0 Å². The molecule has 0 radical (unpaired) electrons. The molecule has 0 saturated carbocycles. The van der Waals surface area contributed by atoms with Crippen LogP contribution in [0.2, 0.25) is 0 Å². The largest absolute Gasteiger partial charge is 0.309 e. The van der Waals surface area contributed by atoms with Crippen LogP contribution in [0.15, 0.2) is 47.2 Å². The number of para-hydroxylation sites is 1. The first-order chi connectivity index (χ1) is 9.93. The van der Waals surface area contributed by atoms with E-state index in [9.17, 15) is 0 Å². The molecule has 6 heteroatoms. The summed E-state index contributed by atoms with van der Waals surface area (Å²) in [6.45, 7) is 1.57. The highest BCUT2D eigenvalue weighted by Crippen LogP contribution is 2.07. The molecule has 1 aromatic carbocycles. The number of benzene rings is 1. The predicted molar refractivity (Wildman–Crippen MR) is 78.9 cm³/mol. The number of tetrazole rings is 1. The van der Waals surface area contributed by atoms with Gasteiger partial charge in [-0.15, -0.1) is 5.10 Å². The van der Waals surface area contributed by atoms with Gasteiger partial charge in [-0.3, -0.25) is 0 Å². The molecule has 102 valence electrons. The summed E-state index contributed by atoms with van der Waals surface area (Å²) in [5.41, 5.74) is 2.34. The van der Waals surface area contributed by atoms with Gasteiger partial charge >= 0.3 is 0 Å². The van der Waals surface area contributed by atoms with Crippen molar-refractivity contribution in [2.75, 3.05) is 6.54 Å². The lowest BCUT2D eigenvalue weighted by Crippen LogP contribution is -2.19. The van der Waals surface area contributed by atoms with Gasteiger partial charge in [0.15, 0.2) is 5.82 Å². The third kappa shape index (κ3) is 3.09. The van der Waals surface area contributed by atoms with Crippen LogP contribution in [0.1, 0.15) is 11.4 Å². The molecule has 0 atom stereocenters. The molecule has 0 aliphatic carbocycles. The van der Waals surface area contributed by atoms with Gasteiger partial charge in [-0.1, -0.05) is 18.2 Å². The van der Waals surface area contributed by atoms with Crippen molar-refractivity contribution in [1.82, 2.24) is 25.5 Å². The lowest BCUT2D eigenvalue weighted by Gasteiger charge is -2.05. The Morgan fingerprint density at radius 1 is 1.15 bits per heavy atom. The van der Waals surface area contributed by atoms with E-state index in [2.05, 4.69) is 37.7 Å². The maximum absolute atomic E-state index is 4.07. The first-order valence-corrected chi connectivity index (χ1v) is 7.42. The van der Waals surface area contributed by atoms with Gasteiger partial charge < -0.3 is 5.32 Å². The van der Waals surface area contributed by atoms with Crippen molar-refractivity contribution in [2.45, 2.75) is 13.0 Å². The van der Waals surface area contributed by atoms with E-state index in [0.29, 0.717) is 6.54 Å². The first-order valence-electron chi connectivity index (χ1n) is 6.48. The van der Waals surface area contributed by atoms with Crippen molar-refractivity contribution < 1.29 is 0 Å².